The summed E-state index contributed by atoms with van der Waals surface area (Å²) in [5.74, 6) is 0. The molecule has 0 amide bonds. The number of nitrogens with one attached hydrogen (secondary N) is 2. The zero-order valence-electron chi connectivity index (χ0n) is 23.2. The van der Waals surface area contributed by atoms with Crippen LogP contribution in [0.25, 0.3) is 52.0 Å². The second-order valence-electron chi connectivity index (χ2n) is 10.5. The van der Waals surface area contributed by atoms with Crippen LogP contribution in [0.1, 0.15) is 22.3 Å². The molecule has 2 N–H and O–H groups in total. The van der Waals surface area contributed by atoms with Gasteiger partial charge in [-0.25, -0.2) is 19.9 Å². The third kappa shape index (κ3) is 4.60. The van der Waals surface area contributed by atoms with Crippen LogP contribution in [0.15, 0.2) is 60.7 Å². The van der Waals surface area contributed by atoms with Crippen molar-refractivity contribution in [3.63, 3.8) is 0 Å². The van der Waals surface area contributed by atoms with Gasteiger partial charge in [-0.1, -0.05) is 57.5 Å². The summed E-state index contributed by atoms with van der Waals surface area (Å²) in [6.45, 7) is 8.53. The molecule has 0 radical (unpaired) electrons. The number of fused-ring (bicyclic) bond motifs is 4. The van der Waals surface area contributed by atoms with Gasteiger partial charge in [-0.05, 0) is 110 Å². The number of thiazole rings is 4. The molecule has 10 heteroatoms. The molecule has 6 nitrogen and oxygen atoms in total. The van der Waals surface area contributed by atoms with Crippen LogP contribution < -0.4 is 10.6 Å². The molecule has 0 aliphatic heterocycles. The predicted molar refractivity (Wildman–Crippen MR) is 183 cm³/mol. The lowest BCUT2D eigenvalue weighted by atomic mass is 10.1. The molecular weight excluding hydrogens is 597 g/mol. The SMILES string of the molecule is Cc1cc2nc(Nc3nc4ccc(-c5ccc6nc(Nc7nc8cc(C)c(C)cc8s7)sc6c5)cc4s3)sc2cc1C. The number of hydrogen-bond donors (Lipinski definition) is 2. The van der Waals surface area contributed by atoms with Crippen LogP contribution in [-0.2, 0) is 0 Å². The molecule has 0 aliphatic rings. The highest BCUT2D eigenvalue weighted by Crippen LogP contribution is 2.37. The van der Waals surface area contributed by atoms with Crippen LogP contribution in [-0.4, -0.2) is 19.9 Å². The lowest BCUT2D eigenvalue weighted by molar-refractivity contribution is 1.35. The molecule has 206 valence electrons. The van der Waals surface area contributed by atoms with Gasteiger partial charge in [0.1, 0.15) is 0 Å². The first-order valence-corrected chi connectivity index (χ1v) is 16.7. The Morgan fingerprint density at radius 2 is 0.738 bits per heavy atom. The Labute approximate surface area is 257 Å². The lowest BCUT2D eigenvalue weighted by Crippen LogP contribution is -1.87. The van der Waals surface area contributed by atoms with Crippen LogP contribution in [0.2, 0.25) is 0 Å². The molecule has 0 spiro atoms. The van der Waals surface area contributed by atoms with E-state index in [1.165, 1.54) is 31.7 Å². The number of hydrogen-bond acceptors (Lipinski definition) is 10. The van der Waals surface area contributed by atoms with E-state index in [0.717, 1.165) is 63.1 Å². The van der Waals surface area contributed by atoms with Gasteiger partial charge in [0.05, 0.1) is 40.9 Å². The molecule has 42 heavy (non-hydrogen) atoms. The van der Waals surface area contributed by atoms with Crippen molar-refractivity contribution in [3.8, 4) is 11.1 Å². The van der Waals surface area contributed by atoms with Gasteiger partial charge < -0.3 is 10.6 Å². The van der Waals surface area contributed by atoms with Gasteiger partial charge in [-0.15, -0.1) is 0 Å². The van der Waals surface area contributed by atoms with E-state index in [0.29, 0.717) is 0 Å². The second kappa shape index (κ2) is 9.81. The van der Waals surface area contributed by atoms with Crippen molar-refractivity contribution in [2.45, 2.75) is 27.7 Å². The molecule has 4 heterocycles. The summed E-state index contributed by atoms with van der Waals surface area (Å²) in [6.07, 6.45) is 0. The third-order valence-corrected chi connectivity index (χ3v) is 11.3. The second-order valence-corrected chi connectivity index (χ2v) is 14.6. The van der Waals surface area contributed by atoms with Crippen molar-refractivity contribution in [1.29, 1.82) is 0 Å². The Morgan fingerprint density at radius 3 is 1.14 bits per heavy atom. The van der Waals surface area contributed by atoms with Gasteiger partial charge >= 0.3 is 0 Å². The molecular formula is C32H24N6S4. The molecule has 0 aliphatic carbocycles. The zero-order valence-corrected chi connectivity index (χ0v) is 26.5. The smallest absolute Gasteiger partial charge is 0.190 e. The van der Waals surface area contributed by atoms with Crippen LogP contribution in [0.3, 0.4) is 0 Å². The summed E-state index contributed by atoms with van der Waals surface area (Å²) in [6, 6.07) is 21.6. The highest BCUT2D eigenvalue weighted by Gasteiger charge is 2.13. The van der Waals surface area contributed by atoms with Crippen LogP contribution >= 0.6 is 45.3 Å². The standard InChI is InChI=1S/C32H24N6S4/c1-15-9-23-25(11-17(15)3)39-31(35-23)37-29-33-21-7-5-19(13-27(21)41-29)20-6-8-22-28(14-20)42-30(34-22)38-32-36-24-10-16(2)18(4)12-26(24)40-32/h5-14H,1-4H3,(H,33,35,37)(H,34,36,38). The van der Waals surface area contributed by atoms with E-state index in [-0.39, 0.29) is 0 Å². The Hall–Kier alpha value is -3.96. The first kappa shape index (κ1) is 25.7. The zero-order chi connectivity index (χ0) is 28.5. The van der Waals surface area contributed by atoms with Gasteiger partial charge in [0.2, 0.25) is 0 Å². The fourth-order valence-corrected chi connectivity index (χ4v) is 8.79. The van der Waals surface area contributed by atoms with E-state index < -0.39 is 0 Å². The van der Waals surface area contributed by atoms with E-state index in [4.69, 9.17) is 19.9 Å². The molecule has 0 bridgehead atoms. The van der Waals surface area contributed by atoms with E-state index in [9.17, 15) is 0 Å². The maximum atomic E-state index is 4.82. The van der Waals surface area contributed by atoms with Crippen molar-refractivity contribution >= 4 is 107 Å². The number of nitrogens with zero attached hydrogens (tertiary/aromatic N) is 4. The molecule has 8 aromatic rings. The quantitative estimate of drug-likeness (QED) is 0.199. The van der Waals surface area contributed by atoms with Crippen molar-refractivity contribution < 1.29 is 0 Å². The summed E-state index contributed by atoms with van der Waals surface area (Å²) in [5, 5.41) is 10.3. The Kier molecular flexibility index (Phi) is 6.01. The highest BCUT2D eigenvalue weighted by molar-refractivity contribution is 7.25. The van der Waals surface area contributed by atoms with E-state index >= 15 is 0 Å². The van der Waals surface area contributed by atoms with Crippen molar-refractivity contribution in [3.05, 3.63) is 82.9 Å². The minimum Gasteiger partial charge on any atom is -0.307 e. The maximum absolute atomic E-state index is 4.82. The number of benzene rings is 4. The molecule has 8 rings (SSSR count). The van der Waals surface area contributed by atoms with Crippen molar-refractivity contribution in [2.75, 3.05) is 10.6 Å². The number of anilines is 4. The van der Waals surface area contributed by atoms with Crippen LogP contribution in [0.4, 0.5) is 20.5 Å². The largest absolute Gasteiger partial charge is 0.307 e. The third-order valence-electron chi connectivity index (χ3n) is 7.55. The Balaban J connectivity index is 1.05. The summed E-state index contributed by atoms with van der Waals surface area (Å²) in [4.78, 5) is 19.2. The van der Waals surface area contributed by atoms with E-state index in [2.05, 4.69) is 99.0 Å². The molecule has 0 saturated carbocycles. The molecule has 0 unspecified atom stereocenters. The Bertz CT molecular complexity index is 2080. The van der Waals surface area contributed by atoms with Gasteiger partial charge in [0.15, 0.2) is 20.5 Å². The maximum Gasteiger partial charge on any atom is 0.190 e. The minimum atomic E-state index is 0.850. The average Bonchev–Trinajstić information content (AvgIpc) is 3.73. The average molecular weight is 621 g/mol. The van der Waals surface area contributed by atoms with Gasteiger partial charge in [0, 0.05) is 0 Å². The minimum absolute atomic E-state index is 0.850. The van der Waals surface area contributed by atoms with Crippen LogP contribution in [0.5, 0.6) is 0 Å². The molecule has 0 atom stereocenters. The van der Waals surface area contributed by atoms with Crippen molar-refractivity contribution in [1.82, 2.24) is 19.9 Å². The molecule has 4 aromatic heterocycles. The summed E-state index contributed by atoms with van der Waals surface area (Å²) < 4.78 is 4.64. The van der Waals surface area contributed by atoms with Crippen LogP contribution in [0, 0.1) is 27.7 Å². The predicted octanol–water partition coefficient (Wildman–Crippen LogP) is 10.5. The van der Waals surface area contributed by atoms with Gasteiger partial charge in [-0.3, -0.25) is 0 Å². The highest BCUT2D eigenvalue weighted by atomic mass is 32.1. The fraction of sp³-hybridized carbons (Fsp3) is 0.125. The first-order chi connectivity index (χ1) is 20.3. The monoisotopic (exact) mass is 620 g/mol. The topological polar surface area (TPSA) is 75.6 Å². The first-order valence-electron chi connectivity index (χ1n) is 13.5. The summed E-state index contributed by atoms with van der Waals surface area (Å²) >= 11 is 6.62. The Morgan fingerprint density at radius 1 is 0.405 bits per heavy atom. The number of aromatic nitrogens is 4. The van der Waals surface area contributed by atoms with Crippen molar-refractivity contribution in [2.24, 2.45) is 0 Å². The summed E-state index contributed by atoms with van der Waals surface area (Å²) in [7, 11) is 0. The summed E-state index contributed by atoms with van der Waals surface area (Å²) in [5.41, 5.74) is 11.4. The van der Waals surface area contributed by atoms with Gasteiger partial charge in [-0.2, -0.15) is 0 Å². The molecule has 0 saturated heterocycles. The van der Waals surface area contributed by atoms with E-state index in [1.54, 1.807) is 45.3 Å². The lowest BCUT2D eigenvalue weighted by Gasteiger charge is -2.01. The molecule has 0 fully saturated rings. The normalized spacial score (nSPS) is 11.8. The number of rotatable bonds is 5. The fourth-order valence-electron chi connectivity index (χ4n) is 4.97. The van der Waals surface area contributed by atoms with Gasteiger partial charge in [0.25, 0.3) is 0 Å². The number of aryl methyl sites for hydroxylation is 4. The molecule has 4 aromatic carbocycles. The van der Waals surface area contributed by atoms with E-state index in [1.807, 2.05) is 0 Å².